The van der Waals surface area contributed by atoms with Crippen molar-refractivity contribution in [2.75, 3.05) is 13.1 Å². The van der Waals surface area contributed by atoms with E-state index >= 15 is 0 Å². The summed E-state index contributed by atoms with van der Waals surface area (Å²) in [4.78, 5) is 13.1. The maximum atomic E-state index is 10.9. The molecule has 13 heavy (non-hydrogen) atoms. The van der Waals surface area contributed by atoms with Crippen LogP contribution >= 0.6 is 0 Å². The monoisotopic (exact) mass is 185 g/mol. The van der Waals surface area contributed by atoms with Crippen molar-refractivity contribution < 1.29 is 4.79 Å². The number of hydrogen-bond donors (Lipinski definition) is 2. The second kappa shape index (κ2) is 4.58. The highest BCUT2D eigenvalue weighted by atomic mass is 16.1. The van der Waals surface area contributed by atoms with Gasteiger partial charge in [0.2, 0.25) is 5.91 Å². The Bertz CT molecular complexity index is 184. The van der Waals surface area contributed by atoms with Crippen LogP contribution in [0.4, 0.5) is 0 Å². The molecule has 4 nitrogen and oxygen atoms in total. The smallest absolute Gasteiger partial charge is 0.234 e. The minimum absolute atomic E-state index is 0.148. The van der Waals surface area contributed by atoms with Crippen LogP contribution in [0, 0.1) is 0 Å². The summed E-state index contributed by atoms with van der Waals surface area (Å²) in [5.74, 6) is -0.240. The second-order valence-corrected chi connectivity index (χ2v) is 3.81. The third kappa shape index (κ3) is 2.97. The average molecular weight is 185 g/mol. The number of carbonyl (C=O) groups excluding carboxylic acids is 1. The molecule has 1 heterocycles. The third-order valence-electron chi connectivity index (χ3n) is 2.77. The Morgan fingerprint density at radius 2 is 2.15 bits per heavy atom. The van der Waals surface area contributed by atoms with Crippen molar-refractivity contribution in [1.29, 1.82) is 0 Å². The van der Waals surface area contributed by atoms with Gasteiger partial charge in [-0.15, -0.1) is 0 Å². The Morgan fingerprint density at radius 1 is 1.46 bits per heavy atom. The normalized spacial score (nSPS) is 28.0. The number of amides is 1. The molecule has 1 aliphatic rings. The summed E-state index contributed by atoms with van der Waals surface area (Å²) in [5, 5.41) is 0. The first kappa shape index (κ1) is 10.5. The number of likely N-dealkylation sites (tertiary alicyclic amines) is 1. The topological polar surface area (TPSA) is 72.4 Å². The van der Waals surface area contributed by atoms with E-state index in [1.807, 2.05) is 6.92 Å². The Kier molecular flexibility index (Phi) is 3.69. The Morgan fingerprint density at radius 3 is 2.77 bits per heavy atom. The molecule has 1 aliphatic heterocycles. The van der Waals surface area contributed by atoms with Crippen molar-refractivity contribution >= 4 is 5.91 Å². The molecule has 0 aromatic heterocycles. The summed E-state index contributed by atoms with van der Waals surface area (Å²) in [5.41, 5.74) is 11.1. The molecule has 2 unspecified atom stereocenters. The van der Waals surface area contributed by atoms with Crippen molar-refractivity contribution in [3.8, 4) is 0 Å². The molecule has 76 valence electrons. The van der Waals surface area contributed by atoms with Crippen molar-refractivity contribution in [1.82, 2.24) is 4.90 Å². The molecule has 0 saturated carbocycles. The molecular formula is C9H19N3O. The van der Waals surface area contributed by atoms with E-state index in [0.717, 1.165) is 32.4 Å². The first-order valence-electron chi connectivity index (χ1n) is 4.90. The first-order chi connectivity index (χ1) is 6.11. The zero-order valence-corrected chi connectivity index (χ0v) is 8.20. The quantitative estimate of drug-likeness (QED) is 0.619. The van der Waals surface area contributed by atoms with Crippen LogP contribution < -0.4 is 11.5 Å². The van der Waals surface area contributed by atoms with Gasteiger partial charge in [-0.2, -0.15) is 0 Å². The zero-order valence-electron chi connectivity index (χ0n) is 8.20. The maximum absolute atomic E-state index is 10.9. The highest BCUT2D eigenvalue weighted by molar-refractivity contribution is 5.79. The van der Waals surface area contributed by atoms with Crippen LogP contribution in [0.25, 0.3) is 0 Å². The molecule has 0 aromatic carbocycles. The number of nitrogens with two attached hydrogens (primary N) is 2. The molecular weight excluding hydrogens is 166 g/mol. The highest BCUT2D eigenvalue weighted by Gasteiger charge is 2.21. The summed E-state index contributed by atoms with van der Waals surface area (Å²) in [6.45, 7) is 3.70. The minimum Gasteiger partial charge on any atom is -0.368 e. The van der Waals surface area contributed by atoms with Gasteiger partial charge in [-0.3, -0.25) is 9.69 Å². The van der Waals surface area contributed by atoms with Crippen molar-refractivity contribution in [3.05, 3.63) is 0 Å². The molecule has 0 aromatic rings. The molecule has 4 heteroatoms. The van der Waals surface area contributed by atoms with Crippen molar-refractivity contribution in [2.24, 2.45) is 11.5 Å². The zero-order chi connectivity index (χ0) is 9.84. The van der Waals surface area contributed by atoms with E-state index in [-0.39, 0.29) is 11.9 Å². The molecule has 0 bridgehead atoms. The highest BCUT2D eigenvalue weighted by Crippen LogP contribution is 2.11. The van der Waals surface area contributed by atoms with Gasteiger partial charge in [0.1, 0.15) is 0 Å². The van der Waals surface area contributed by atoms with Crippen LogP contribution in [-0.2, 0) is 4.79 Å². The molecule has 4 N–H and O–H groups in total. The second-order valence-electron chi connectivity index (χ2n) is 3.81. The fourth-order valence-corrected chi connectivity index (χ4v) is 1.71. The summed E-state index contributed by atoms with van der Waals surface area (Å²) >= 11 is 0. The van der Waals surface area contributed by atoms with Crippen LogP contribution in [-0.4, -0.2) is 36.0 Å². The van der Waals surface area contributed by atoms with E-state index in [2.05, 4.69) is 4.90 Å². The van der Waals surface area contributed by atoms with E-state index < -0.39 is 0 Å². The predicted molar refractivity (Wildman–Crippen MR) is 52.1 cm³/mol. The summed E-state index contributed by atoms with van der Waals surface area (Å²) in [6, 6.07) is 0.148. The lowest BCUT2D eigenvalue weighted by Crippen LogP contribution is -2.43. The molecule has 1 amide bonds. The average Bonchev–Trinajstić information content (AvgIpc) is 2.28. The maximum Gasteiger partial charge on any atom is 0.234 e. The fourth-order valence-electron chi connectivity index (χ4n) is 1.71. The molecule has 1 rings (SSSR count). The number of primary amides is 1. The van der Waals surface area contributed by atoms with E-state index in [4.69, 9.17) is 11.5 Å². The lowest BCUT2D eigenvalue weighted by Gasteiger charge is -2.24. The van der Waals surface area contributed by atoms with Crippen LogP contribution in [0.1, 0.15) is 26.2 Å². The lowest BCUT2D eigenvalue weighted by atomic mass is 10.1. The molecule has 1 fully saturated rings. The van der Waals surface area contributed by atoms with Crippen LogP contribution in [0.15, 0.2) is 0 Å². The van der Waals surface area contributed by atoms with Crippen molar-refractivity contribution in [3.63, 3.8) is 0 Å². The number of nitrogens with zero attached hydrogens (tertiary/aromatic N) is 1. The molecule has 1 saturated heterocycles. The van der Waals surface area contributed by atoms with E-state index in [1.54, 1.807) is 0 Å². The SMILES string of the molecule is CC(C(N)=O)N1CCCC(N)CC1. The van der Waals surface area contributed by atoms with Gasteiger partial charge in [0.15, 0.2) is 0 Å². The van der Waals surface area contributed by atoms with Gasteiger partial charge in [0.25, 0.3) is 0 Å². The van der Waals surface area contributed by atoms with E-state index in [9.17, 15) is 4.79 Å². The number of rotatable bonds is 2. The summed E-state index contributed by atoms with van der Waals surface area (Å²) < 4.78 is 0. The number of carbonyl (C=O) groups is 1. The van der Waals surface area contributed by atoms with Crippen molar-refractivity contribution in [2.45, 2.75) is 38.3 Å². The molecule has 0 aliphatic carbocycles. The fraction of sp³-hybridized carbons (Fsp3) is 0.889. The van der Waals surface area contributed by atoms with Gasteiger partial charge in [0, 0.05) is 12.6 Å². The van der Waals surface area contributed by atoms with Gasteiger partial charge >= 0.3 is 0 Å². The van der Waals surface area contributed by atoms with Crippen LogP contribution in [0.2, 0.25) is 0 Å². The van der Waals surface area contributed by atoms with E-state index in [0.29, 0.717) is 6.04 Å². The van der Waals surface area contributed by atoms with Gasteiger partial charge in [-0.25, -0.2) is 0 Å². The third-order valence-corrected chi connectivity index (χ3v) is 2.77. The van der Waals surface area contributed by atoms with Crippen LogP contribution in [0.3, 0.4) is 0 Å². The molecule has 0 spiro atoms. The minimum atomic E-state index is -0.240. The van der Waals surface area contributed by atoms with Gasteiger partial charge in [-0.1, -0.05) is 0 Å². The summed E-state index contributed by atoms with van der Waals surface area (Å²) in [7, 11) is 0. The summed E-state index contributed by atoms with van der Waals surface area (Å²) in [6.07, 6.45) is 3.10. The Hall–Kier alpha value is -0.610. The molecule has 0 radical (unpaired) electrons. The lowest BCUT2D eigenvalue weighted by molar-refractivity contribution is -0.122. The van der Waals surface area contributed by atoms with Gasteiger partial charge in [-0.05, 0) is 32.7 Å². The van der Waals surface area contributed by atoms with Crippen LogP contribution in [0.5, 0.6) is 0 Å². The van der Waals surface area contributed by atoms with Gasteiger partial charge < -0.3 is 11.5 Å². The Labute approximate surface area is 79.3 Å². The number of hydrogen-bond acceptors (Lipinski definition) is 3. The standard InChI is InChI=1S/C9H19N3O/c1-7(9(11)13)12-5-2-3-8(10)4-6-12/h7-8H,2-6,10H2,1H3,(H2,11,13). The van der Waals surface area contributed by atoms with Gasteiger partial charge in [0.05, 0.1) is 6.04 Å². The Balaban J connectivity index is 2.46. The van der Waals surface area contributed by atoms with E-state index in [1.165, 1.54) is 0 Å². The first-order valence-corrected chi connectivity index (χ1v) is 4.90. The largest absolute Gasteiger partial charge is 0.368 e. The molecule has 2 atom stereocenters. The predicted octanol–water partition coefficient (Wildman–Crippen LogP) is -0.327.